The molecule has 0 saturated carbocycles. The Morgan fingerprint density at radius 3 is 2.04 bits per heavy atom. The number of fused-ring (bicyclic) bond motifs is 1. The average Bonchev–Trinajstić information content (AvgIpc) is 2.74. The summed E-state index contributed by atoms with van der Waals surface area (Å²) in [4.78, 5) is 27.6. The molecule has 0 saturated heterocycles. The van der Waals surface area contributed by atoms with Crippen LogP contribution in [0.2, 0.25) is 0 Å². The summed E-state index contributed by atoms with van der Waals surface area (Å²) < 4.78 is 0. The summed E-state index contributed by atoms with van der Waals surface area (Å²) in [5, 5.41) is 0. The normalized spacial score (nSPS) is 15.3. The summed E-state index contributed by atoms with van der Waals surface area (Å²) in [6.45, 7) is 0. The molecule has 0 unspecified atom stereocenters. The molecule has 0 aromatic heterocycles. The molecule has 1 atom stereocenters. The minimum atomic E-state index is -0.327. The van der Waals surface area contributed by atoms with Gasteiger partial charge in [-0.05, 0) is 29.3 Å². The van der Waals surface area contributed by atoms with Crippen LogP contribution in [0.25, 0.3) is 6.08 Å². The summed E-state index contributed by atoms with van der Waals surface area (Å²) in [6, 6.07) is 26.0. The molecule has 3 nitrogen and oxygen atoms in total. The van der Waals surface area contributed by atoms with Gasteiger partial charge in [0.1, 0.15) is 0 Å². The predicted octanol–water partition coefficient (Wildman–Crippen LogP) is 5.13. The van der Waals surface area contributed by atoms with Crippen molar-refractivity contribution in [1.82, 2.24) is 4.90 Å². The minimum absolute atomic E-state index is 0.0246. The van der Waals surface area contributed by atoms with Crippen LogP contribution in [0.1, 0.15) is 44.3 Å². The lowest BCUT2D eigenvalue weighted by Crippen LogP contribution is -2.33. The lowest BCUT2D eigenvalue weighted by molar-refractivity contribution is 0.0742. The largest absolute Gasteiger partial charge is 0.307 e. The SMILES string of the molecule is O=C(C[C@@H]1c2ccccc2C=CN1C(=O)c1ccccc1)c1ccccc1. The first kappa shape index (κ1) is 17.0. The minimum Gasteiger partial charge on any atom is -0.307 e. The lowest BCUT2D eigenvalue weighted by Gasteiger charge is -2.33. The second-order valence-corrected chi connectivity index (χ2v) is 6.53. The van der Waals surface area contributed by atoms with Gasteiger partial charge < -0.3 is 4.90 Å². The zero-order valence-electron chi connectivity index (χ0n) is 14.8. The fraction of sp³-hybridized carbons (Fsp3) is 0.0833. The van der Waals surface area contributed by atoms with E-state index in [1.807, 2.05) is 78.9 Å². The van der Waals surface area contributed by atoms with Gasteiger partial charge in [-0.15, -0.1) is 0 Å². The van der Waals surface area contributed by atoms with Gasteiger partial charge >= 0.3 is 0 Å². The van der Waals surface area contributed by atoms with Crippen LogP contribution in [-0.4, -0.2) is 16.6 Å². The van der Waals surface area contributed by atoms with Crippen LogP contribution in [0.15, 0.2) is 91.1 Å². The molecule has 0 radical (unpaired) electrons. The van der Waals surface area contributed by atoms with Crippen molar-refractivity contribution < 1.29 is 9.59 Å². The Hall–Kier alpha value is -3.46. The molecule has 132 valence electrons. The predicted molar refractivity (Wildman–Crippen MR) is 106 cm³/mol. The molecule has 0 spiro atoms. The Bertz CT molecular complexity index is 993. The fourth-order valence-electron chi connectivity index (χ4n) is 3.45. The second-order valence-electron chi connectivity index (χ2n) is 6.53. The van der Waals surface area contributed by atoms with Gasteiger partial charge in [0.05, 0.1) is 6.04 Å². The topological polar surface area (TPSA) is 37.4 Å². The van der Waals surface area contributed by atoms with Crippen molar-refractivity contribution in [2.45, 2.75) is 12.5 Å². The molecule has 0 N–H and O–H groups in total. The van der Waals surface area contributed by atoms with Crippen molar-refractivity contribution in [2.75, 3.05) is 0 Å². The van der Waals surface area contributed by atoms with Gasteiger partial charge in [0.15, 0.2) is 5.78 Å². The molecule has 3 aromatic carbocycles. The number of benzene rings is 3. The van der Waals surface area contributed by atoms with Gasteiger partial charge in [-0.1, -0.05) is 72.8 Å². The molecule has 0 aliphatic carbocycles. The van der Waals surface area contributed by atoms with Gasteiger partial charge in [-0.3, -0.25) is 9.59 Å². The standard InChI is InChI=1S/C24H19NO2/c26-23(19-10-3-1-4-11-19)17-22-21-14-8-7-9-18(21)15-16-25(22)24(27)20-12-5-2-6-13-20/h1-16,22H,17H2/t22-/m1/s1. The van der Waals surface area contributed by atoms with Gasteiger partial charge in [0.25, 0.3) is 5.91 Å². The van der Waals surface area contributed by atoms with Crippen molar-refractivity contribution in [3.63, 3.8) is 0 Å². The molecule has 27 heavy (non-hydrogen) atoms. The zero-order valence-corrected chi connectivity index (χ0v) is 14.8. The maximum absolute atomic E-state index is 13.1. The van der Waals surface area contributed by atoms with Crippen molar-refractivity contribution >= 4 is 17.8 Å². The molecule has 4 rings (SSSR count). The highest BCUT2D eigenvalue weighted by molar-refractivity contribution is 5.99. The first-order valence-corrected chi connectivity index (χ1v) is 8.97. The number of ketones is 1. The molecule has 1 aliphatic heterocycles. The van der Waals surface area contributed by atoms with Crippen molar-refractivity contribution in [1.29, 1.82) is 0 Å². The smallest absolute Gasteiger partial charge is 0.258 e. The maximum Gasteiger partial charge on any atom is 0.258 e. The fourth-order valence-corrected chi connectivity index (χ4v) is 3.45. The van der Waals surface area contributed by atoms with Crippen molar-refractivity contribution in [2.24, 2.45) is 0 Å². The van der Waals surface area contributed by atoms with Crippen LogP contribution in [0.5, 0.6) is 0 Å². The number of carbonyl (C=O) groups excluding carboxylic acids is 2. The van der Waals surface area contributed by atoms with Crippen LogP contribution >= 0.6 is 0 Å². The lowest BCUT2D eigenvalue weighted by atomic mass is 9.90. The Labute approximate surface area is 158 Å². The quantitative estimate of drug-likeness (QED) is 0.610. The van der Waals surface area contributed by atoms with E-state index in [4.69, 9.17) is 0 Å². The van der Waals surface area contributed by atoms with Crippen molar-refractivity contribution in [3.05, 3.63) is 113 Å². The maximum atomic E-state index is 13.1. The Balaban J connectivity index is 1.70. The number of carbonyl (C=O) groups is 2. The number of rotatable bonds is 4. The molecule has 3 aromatic rings. The van der Waals surface area contributed by atoms with E-state index in [0.29, 0.717) is 11.1 Å². The molecular formula is C24H19NO2. The number of hydrogen-bond acceptors (Lipinski definition) is 2. The summed E-state index contributed by atoms with van der Waals surface area (Å²) >= 11 is 0. The highest BCUT2D eigenvalue weighted by atomic mass is 16.2. The van der Waals surface area contributed by atoms with E-state index in [9.17, 15) is 9.59 Å². The van der Waals surface area contributed by atoms with Crippen LogP contribution in [-0.2, 0) is 0 Å². The molecule has 0 fully saturated rings. The number of nitrogens with zero attached hydrogens (tertiary/aromatic N) is 1. The highest BCUT2D eigenvalue weighted by Gasteiger charge is 2.30. The average molecular weight is 353 g/mol. The molecule has 1 amide bonds. The molecule has 3 heteroatoms. The first-order chi connectivity index (χ1) is 13.2. The van der Waals surface area contributed by atoms with E-state index in [-0.39, 0.29) is 24.2 Å². The van der Waals surface area contributed by atoms with Crippen LogP contribution in [0, 0.1) is 0 Å². The molecule has 0 bridgehead atoms. The Morgan fingerprint density at radius 2 is 1.33 bits per heavy atom. The van der Waals surface area contributed by atoms with E-state index >= 15 is 0 Å². The third-order valence-corrected chi connectivity index (χ3v) is 4.84. The van der Waals surface area contributed by atoms with Crippen LogP contribution in [0.4, 0.5) is 0 Å². The van der Waals surface area contributed by atoms with Crippen LogP contribution < -0.4 is 0 Å². The number of Topliss-reactive ketones (excluding diaryl/α,β-unsaturated/α-hetero) is 1. The summed E-state index contributed by atoms with van der Waals surface area (Å²) in [5.74, 6) is -0.0798. The third kappa shape index (κ3) is 3.44. The first-order valence-electron chi connectivity index (χ1n) is 8.97. The van der Waals surface area contributed by atoms with E-state index in [1.54, 1.807) is 23.2 Å². The second kappa shape index (κ2) is 7.42. The van der Waals surface area contributed by atoms with E-state index < -0.39 is 0 Å². The van der Waals surface area contributed by atoms with Gasteiger partial charge in [-0.25, -0.2) is 0 Å². The zero-order chi connectivity index (χ0) is 18.6. The van der Waals surface area contributed by atoms with Crippen molar-refractivity contribution in [3.8, 4) is 0 Å². The van der Waals surface area contributed by atoms with E-state index in [0.717, 1.165) is 11.1 Å². The monoisotopic (exact) mass is 353 g/mol. The van der Waals surface area contributed by atoms with Gasteiger partial charge in [0, 0.05) is 23.7 Å². The van der Waals surface area contributed by atoms with E-state index in [2.05, 4.69) is 0 Å². The van der Waals surface area contributed by atoms with Gasteiger partial charge in [-0.2, -0.15) is 0 Å². The molecule has 1 aliphatic rings. The number of amides is 1. The van der Waals surface area contributed by atoms with Crippen LogP contribution in [0.3, 0.4) is 0 Å². The Morgan fingerprint density at radius 1 is 0.741 bits per heavy atom. The highest BCUT2D eigenvalue weighted by Crippen LogP contribution is 2.34. The number of hydrogen-bond donors (Lipinski definition) is 0. The Kier molecular flexibility index (Phi) is 4.67. The third-order valence-electron chi connectivity index (χ3n) is 4.84. The van der Waals surface area contributed by atoms with Gasteiger partial charge in [0.2, 0.25) is 0 Å². The summed E-state index contributed by atoms with van der Waals surface area (Å²) in [7, 11) is 0. The molecular weight excluding hydrogens is 334 g/mol. The molecule has 1 heterocycles. The van der Waals surface area contributed by atoms with E-state index in [1.165, 1.54) is 0 Å². The summed E-state index contributed by atoms with van der Waals surface area (Å²) in [6.07, 6.45) is 3.96. The summed E-state index contributed by atoms with van der Waals surface area (Å²) in [5.41, 5.74) is 3.31.